The molecule has 12 heteroatoms. The Labute approximate surface area is 207 Å². The Balaban J connectivity index is 2.15. The average molecular weight is 541 g/mol. The fraction of sp³-hybridized carbons (Fsp3) is 0.304. The van der Waals surface area contributed by atoms with Crippen LogP contribution >= 0.6 is 23.2 Å². The van der Waals surface area contributed by atoms with Crippen molar-refractivity contribution in [3.05, 3.63) is 74.3 Å². The molecule has 0 aliphatic heterocycles. The van der Waals surface area contributed by atoms with Crippen molar-refractivity contribution >= 4 is 41.1 Å². The molecule has 2 aromatic rings. The minimum Gasteiger partial charge on any atom is -0.345 e. The molecule has 2 aromatic carbocycles. The maximum absolute atomic E-state index is 13.7. The summed E-state index contributed by atoms with van der Waals surface area (Å²) in [6.45, 7) is 0.871. The van der Waals surface area contributed by atoms with Gasteiger partial charge >= 0.3 is 12.4 Å². The van der Waals surface area contributed by atoms with Gasteiger partial charge < -0.3 is 10.6 Å². The monoisotopic (exact) mass is 540 g/mol. The Bertz CT molecular complexity index is 1110. The van der Waals surface area contributed by atoms with E-state index in [9.17, 15) is 35.9 Å². The van der Waals surface area contributed by atoms with Crippen LogP contribution in [0.5, 0.6) is 0 Å². The van der Waals surface area contributed by atoms with Gasteiger partial charge in [-0.1, -0.05) is 53.6 Å². The molecule has 2 amide bonds. The van der Waals surface area contributed by atoms with Crippen LogP contribution in [0.1, 0.15) is 38.5 Å². The van der Waals surface area contributed by atoms with Crippen molar-refractivity contribution in [2.45, 2.75) is 32.1 Å². The van der Waals surface area contributed by atoms with Gasteiger partial charge in [0.1, 0.15) is 6.54 Å². The van der Waals surface area contributed by atoms with Gasteiger partial charge in [-0.3, -0.25) is 9.59 Å². The van der Waals surface area contributed by atoms with E-state index in [0.29, 0.717) is 16.7 Å². The van der Waals surface area contributed by atoms with Crippen LogP contribution < -0.4 is 10.6 Å². The van der Waals surface area contributed by atoms with Gasteiger partial charge in [0.05, 0.1) is 22.5 Å². The van der Waals surface area contributed by atoms with Gasteiger partial charge in [-0.05, 0) is 48.2 Å². The van der Waals surface area contributed by atoms with Gasteiger partial charge in [-0.25, -0.2) is 0 Å². The summed E-state index contributed by atoms with van der Waals surface area (Å²) in [6.07, 6.45) is -6.99. The highest BCUT2D eigenvalue weighted by Crippen LogP contribution is 2.39. The first-order valence-electron chi connectivity index (χ1n) is 10.0. The topological polar surface area (TPSA) is 58.2 Å². The van der Waals surface area contributed by atoms with Gasteiger partial charge in [0.2, 0.25) is 5.91 Å². The van der Waals surface area contributed by atoms with Gasteiger partial charge in [0.25, 0.3) is 5.91 Å². The standard InChI is InChI=1S/C23H20Cl2F6N2O2/c1-12-7-14(3-5-16(12)21(35)32-10-19(34)33-11-22(26,27)28)4-6-17(23(29,30)31)15-8-13(2)20(25)18(24)9-15/h3-9,17H,10-11H2,1-2H3,(H,32,35)(H,33,34)/b6-4+. The predicted octanol–water partition coefficient (Wildman–Crippen LogP) is 6.38. The quantitative estimate of drug-likeness (QED) is 0.400. The number of rotatable bonds is 7. The number of aryl methyl sites for hydroxylation is 2. The van der Waals surface area contributed by atoms with Crippen LogP contribution in [-0.2, 0) is 4.79 Å². The van der Waals surface area contributed by atoms with E-state index < -0.39 is 43.2 Å². The van der Waals surface area contributed by atoms with Crippen LogP contribution in [-0.4, -0.2) is 37.3 Å². The van der Waals surface area contributed by atoms with E-state index in [2.05, 4.69) is 5.32 Å². The van der Waals surface area contributed by atoms with E-state index >= 15 is 0 Å². The minimum absolute atomic E-state index is 0.00242. The second-order valence-electron chi connectivity index (χ2n) is 7.66. The lowest BCUT2D eigenvalue weighted by Gasteiger charge is -2.19. The van der Waals surface area contributed by atoms with Crippen molar-refractivity contribution < 1.29 is 35.9 Å². The Morgan fingerprint density at radius 3 is 2.17 bits per heavy atom. The van der Waals surface area contributed by atoms with Crippen molar-refractivity contribution in [2.75, 3.05) is 13.1 Å². The average Bonchev–Trinajstić information content (AvgIpc) is 2.73. The minimum atomic E-state index is -4.61. The molecule has 1 atom stereocenters. The lowest BCUT2D eigenvalue weighted by molar-refractivity contribution is -0.139. The summed E-state index contributed by atoms with van der Waals surface area (Å²) in [6, 6.07) is 6.66. The Morgan fingerprint density at radius 1 is 0.971 bits per heavy atom. The van der Waals surface area contributed by atoms with Crippen molar-refractivity contribution in [2.24, 2.45) is 0 Å². The van der Waals surface area contributed by atoms with Crippen molar-refractivity contribution in [1.29, 1.82) is 0 Å². The molecule has 0 saturated carbocycles. The van der Waals surface area contributed by atoms with Crippen LogP contribution in [0.15, 0.2) is 36.4 Å². The molecule has 0 aromatic heterocycles. The van der Waals surface area contributed by atoms with Gasteiger partial charge in [0, 0.05) is 5.56 Å². The zero-order valence-corrected chi connectivity index (χ0v) is 19.9. The second-order valence-corrected chi connectivity index (χ2v) is 8.45. The van der Waals surface area contributed by atoms with Crippen LogP contribution in [0.25, 0.3) is 6.08 Å². The van der Waals surface area contributed by atoms with Gasteiger partial charge in [-0.15, -0.1) is 0 Å². The smallest absolute Gasteiger partial charge is 0.345 e. The second kappa shape index (κ2) is 11.3. The van der Waals surface area contributed by atoms with Crippen molar-refractivity contribution in [1.82, 2.24) is 10.6 Å². The third kappa shape index (κ3) is 8.47. The van der Waals surface area contributed by atoms with Crippen LogP contribution in [0.2, 0.25) is 10.0 Å². The van der Waals surface area contributed by atoms with Gasteiger partial charge in [-0.2, -0.15) is 26.3 Å². The molecule has 0 bridgehead atoms. The molecule has 0 spiro atoms. The lowest BCUT2D eigenvalue weighted by Crippen LogP contribution is -2.41. The normalized spacial score (nSPS) is 13.1. The molecular formula is C23H20Cl2F6N2O2. The highest BCUT2D eigenvalue weighted by Gasteiger charge is 2.39. The molecule has 0 heterocycles. The number of benzene rings is 2. The molecule has 35 heavy (non-hydrogen) atoms. The summed E-state index contributed by atoms with van der Waals surface area (Å²) in [5, 5.41) is 3.99. The van der Waals surface area contributed by atoms with E-state index in [1.165, 1.54) is 37.3 Å². The number of carbonyl (C=O) groups excluding carboxylic acids is 2. The third-order valence-corrected chi connectivity index (χ3v) is 5.71. The molecule has 2 rings (SSSR count). The SMILES string of the molecule is Cc1cc(/C=C/C(c2cc(C)c(Cl)c(Cl)c2)C(F)(F)F)ccc1C(=O)NCC(=O)NCC(F)(F)F. The first-order chi connectivity index (χ1) is 16.1. The first kappa shape index (κ1) is 28.5. The molecule has 0 aliphatic carbocycles. The number of hydrogen-bond acceptors (Lipinski definition) is 2. The molecular weight excluding hydrogens is 521 g/mol. The summed E-state index contributed by atoms with van der Waals surface area (Å²) in [5.41, 5.74) is 1.17. The highest BCUT2D eigenvalue weighted by atomic mass is 35.5. The molecule has 2 N–H and O–H groups in total. The fourth-order valence-corrected chi connectivity index (χ4v) is 3.50. The van der Waals surface area contributed by atoms with Crippen LogP contribution in [0.4, 0.5) is 26.3 Å². The number of nitrogens with one attached hydrogen (secondary N) is 2. The van der Waals surface area contributed by atoms with E-state index in [4.69, 9.17) is 23.2 Å². The Hall–Kier alpha value is -2.72. The predicted molar refractivity (Wildman–Crippen MR) is 122 cm³/mol. The maximum Gasteiger partial charge on any atom is 0.405 e. The van der Waals surface area contributed by atoms with Crippen LogP contribution in [0.3, 0.4) is 0 Å². The molecule has 190 valence electrons. The molecule has 0 saturated heterocycles. The highest BCUT2D eigenvalue weighted by molar-refractivity contribution is 6.42. The van der Waals surface area contributed by atoms with E-state index in [-0.39, 0.29) is 21.2 Å². The maximum atomic E-state index is 13.7. The largest absolute Gasteiger partial charge is 0.405 e. The lowest BCUT2D eigenvalue weighted by atomic mass is 9.95. The fourth-order valence-electron chi connectivity index (χ4n) is 3.11. The number of halogens is 8. The number of carbonyl (C=O) groups is 2. The number of amides is 2. The van der Waals surface area contributed by atoms with Gasteiger partial charge in [0.15, 0.2) is 0 Å². The van der Waals surface area contributed by atoms with Crippen molar-refractivity contribution in [3.63, 3.8) is 0 Å². The number of allylic oxidation sites excluding steroid dienone is 1. The molecule has 1 unspecified atom stereocenters. The zero-order valence-electron chi connectivity index (χ0n) is 18.4. The molecule has 4 nitrogen and oxygen atoms in total. The van der Waals surface area contributed by atoms with Crippen molar-refractivity contribution in [3.8, 4) is 0 Å². The Morgan fingerprint density at radius 2 is 1.63 bits per heavy atom. The summed E-state index contributed by atoms with van der Waals surface area (Å²) in [4.78, 5) is 23.7. The zero-order chi connectivity index (χ0) is 26.6. The Kier molecular flexibility index (Phi) is 9.24. The number of alkyl halides is 6. The number of hydrogen-bond donors (Lipinski definition) is 2. The molecule has 0 aliphatic rings. The van der Waals surface area contributed by atoms with E-state index in [0.717, 1.165) is 12.1 Å². The summed E-state index contributed by atoms with van der Waals surface area (Å²) >= 11 is 11.9. The third-order valence-electron chi connectivity index (χ3n) is 4.82. The molecule has 0 fully saturated rings. The van der Waals surface area contributed by atoms with Crippen LogP contribution in [0, 0.1) is 13.8 Å². The van der Waals surface area contributed by atoms with E-state index in [1.807, 2.05) is 0 Å². The summed E-state index contributed by atoms with van der Waals surface area (Å²) in [7, 11) is 0. The summed E-state index contributed by atoms with van der Waals surface area (Å²) < 4.78 is 77.5. The molecule has 0 radical (unpaired) electrons. The first-order valence-corrected chi connectivity index (χ1v) is 10.8. The summed E-state index contributed by atoms with van der Waals surface area (Å²) in [5.74, 6) is -3.71. The van der Waals surface area contributed by atoms with E-state index in [1.54, 1.807) is 12.2 Å².